The fourth-order valence-corrected chi connectivity index (χ4v) is 2.43. The highest BCUT2D eigenvalue weighted by atomic mass is 16.6. The first kappa shape index (κ1) is 15.6. The van der Waals surface area contributed by atoms with E-state index in [9.17, 15) is 10.1 Å². The third-order valence-electron chi connectivity index (χ3n) is 3.50. The predicted octanol–water partition coefficient (Wildman–Crippen LogP) is 3.36. The summed E-state index contributed by atoms with van der Waals surface area (Å²) in [6.07, 6.45) is 2.84. The Morgan fingerprint density at radius 3 is 2.76 bits per heavy atom. The van der Waals surface area contributed by atoms with Crippen LogP contribution in [0.25, 0.3) is 0 Å². The fourth-order valence-electron chi connectivity index (χ4n) is 2.43. The summed E-state index contributed by atoms with van der Waals surface area (Å²) in [7, 11) is 0. The molecule has 1 aliphatic carbocycles. The SMILES string of the molecule is CCCOc1cccc(NC2CC(OCC)C2)c1[N+](=O)[O-]. The van der Waals surface area contributed by atoms with E-state index in [1.165, 1.54) is 0 Å². The average Bonchev–Trinajstić information content (AvgIpc) is 2.42. The van der Waals surface area contributed by atoms with Gasteiger partial charge in [-0.15, -0.1) is 0 Å². The Balaban J connectivity index is 2.06. The van der Waals surface area contributed by atoms with Crippen molar-refractivity contribution in [1.82, 2.24) is 0 Å². The van der Waals surface area contributed by atoms with Crippen molar-refractivity contribution < 1.29 is 14.4 Å². The minimum absolute atomic E-state index is 0.0193. The lowest BCUT2D eigenvalue weighted by atomic mass is 9.89. The van der Waals surface area contributed by atoms with E-state index in [2.05, 4.69) is 5.32 Å². The summed E-state index contributed by atoms with van der Waals surface area (Å²) in [5.41, 5.74) is 0.541. The van der Waals surface area contributed by atoms with Crippen LogP contribution in [0.3, 0.4) is 0 Å². The standard InChI is InChI=1S/C15H22N2O4/c1-3-8-21-14-7-5-6-13(15(14)17(18)19)16-11-9-12(10-11)20-4-2/h5-7,11-12,16H,3-4,8-10H2,1-2H3. The van der Waals surface area contributed by atoms with E-state index < -0.39 is 0 Å². The number of rotatable bonds is 8. The molecule has 0 amide bonds. The monoisotopic (exact) mass is 294 g/mol. The molecule has 1 fully saturated rings. The van der Waals surface area contributed by atoms with Gasteiger partial charge in [-0.1, -0.05) is 13.0 Å². The maximum atomic E-state index is 11.3. The van der Waals surface area contributed by atoms with E-state index in [1.54, 1.807) is 18.2 Å². The number of hydrogen-bond acceptors (Lipinski definition) is 5. The molecule has 0 aromatic heterocycles. The highest BCUT2D eigenvalue weighted by molar-refractivity contribution is 5.68. The van der Waals surface area contributed by atoms with Gasteiger partial charge in [-0.05, 0) is 38.3 Å². The van der Waals surface area contributed by atoms with E-state index in [0.29, 0.717) is 24.7 Å². The Hall–Kier alpha value is -1.82. The van der Waals surface area contributed by atoms with Crippen molar-refractivity contribution >= 4 is 11.4 Å². The molecule has 1 aliphatic rings. The molecular formula is C15H22N2O4. The number of nitro groups is 1. The summed E-state index contributed by atoms with van der Waals surface area (Å²) in [6, 6.07) is 5.37. The molecular weight excluding hydrogens is 272 g/mol. The lowest BCUT2D eigenvalue weighted by Gasteiger charge is -2.35. The van der Waals surface area contributed by atoms with Gasteiger partial charge in [0, 0.05) is 12.6 Å². The van der Waals surface area contributed by atoms with Crippen LogP contribution < -0.4 is 10.1 Å². The second kappa shape index (κ2) is 7.26. The van der Waals surface area contributed by atoms with Gasteiger partial charge in [0.05, 0.1) is 17.6 Å². The number of benzene rings is 1. The average molecular weight is 294 g/mol. The molecule has 1 aromatic carbocycles. The third kappa shape index (κ3) is 3.85. The topological polar surface area (TPSA) is 73.6 Å². The van der Waals surface area contributed by atoms with Crippen molar-refractivity contribution in [1.29, 1.82) is 0 Å². The Kier molecular flexibility index (Phi) is 5.38. The van der Waals surface area contributed by atoms with Crippen LogP contribution in [0.2, 0.25) is 0 Å². The quantitative estimate of drug-likeness (QED) is 0.588. The molecule has 116 valence electrons. The van der Waals surface area contributed by atoms with Gasteiger partial charge in [0.25, 0.3) is 0 Å². The van der Waals surface area contributed by atoms with Gasteiger partial charge in [0.15, 0.2) is 5.75 Å². The number of nitrogens with zero attached hydrogens (tertiary/aromatic N) is 1. The molecule has 0 radical (unpaired) electrons. The molecule has 1 aromatic rings. The van der Waals surface area contributed by atoms with Crippen molar-refractivity contribution in [3.8, 4) is 5.75 Å². The van der Waals surface area contributed by atoms with Crippen LogP contribution in [0.15, 0.2) is 18.2 Å². The van der Waals surface area contributed by atoms with Crippen LogP contribution in [0.4, 0.5) is 11.4 Å². The van der Waals surface area contributed by atoms with Crippen molar-refractivity contribution in [3.05, 3.63) is 28.3 Å². The van der Waals surface area contributed by atoms with E-state index in [0.717, 1.165) is 19.3 Å². The third-order valence-corrected chi connectivity index (χ3v) is 3.50. The first-order valence-electron chi connectivity index (χ1n) is 7.44. The van der Waals surface area contributed by atoms with Gasteiger partial charge in [-0.25, -0.2) is 0 Å². The lowest BCUT2D eigenvalue weighted by molar-refractivity contribution is -0.385. The molecule has 0 saturated heterocycles. The van der Waals surface area contributed by atoms with E-state index >= 15 is 0 Å². The molecule has 0 aliphatic heterocycles. The molecule has 2 rings (SSSR count). The molecule has 0 bridgehead atoms. The van der Waals surface area contributed by atoms with Crippen LogP contribution in [-0.4, -0.2) is 30.3 Å². The lowest BCUT2D eigenvalue weighted by Crippen LogP contribution is -2.40. The molecule has 0 heterocycles. The molecule has 0 unspecified atom stereocenters. The zero-order valence-corrected chi connectivity index (χ0v) is 12.5. The van der Waals surface area contributed by atoms with Gasteiger partial charge in [0.1, 0.15) is 5.69 Å². The molecule has 0 spiro atoms. The first-order valence-corrected chi connectivity index (χ1v) is 7.44. The normalized spacial score (nSPS) is 20.7. The first-order chi connectivity index (χ1) is 10.2. The number of hydrogen-bond donors (Lipinski definition) is 1. The highest BCUT2D eigenvalue weighted by Gasteiger charge is 2.31. The smallest absolute Gasteiger partial charge is 0.333 e. The number of anilines is 1. The van der Waals surface area contributed by atoms with Crippen LogP contribution in [-0.2, 0) is 4.74 Å². The molecule has 6 heteroatoms. The fraction of sp³-hybridized carbons (Fsp3) is 0.600. The maximum absolute atomic E-state index is 11.3. The van der Waals surface area contributed by atoms with E-state index in [1.807, 2.05) is 13.8 Å². The Labute approximate surface area is 124 Å². The summed E-state index contributed by atoms with van der Waals surface area (Å²) in [6.45, 7) is 5.12. The zero-order valence-electron chi connectivity index (χ0n) is 12.5. The Morgan fingerprint density at radius 1 is 1.38 bits per heavy atom. The summed E-state index contributed by atoms with van der Waals surface area (Å²) >= 11 is 0. The Morgan fingerprint density at radius 2 is 2.14 bits per heavy atom. The van der Waals surface area contributed by atoms with Crippen LogP contribution in [0, 0.1) is 10.1 Å². The van der Waals surface area contributed by atoms with Gasteiger partial charge in [-0.2, -0.15) is 0 Å². The maximum Gasteiger partial charge on any atom is 0.333 e. The largest absolute Gasteiger partial charge is 0.487 e. The minimum Gasteiger partial charge on any atom is -0.487 e. The van der Waals surface area contributed by atoms with Crippen molar-refractivity contribution in [2.24, 2.45) is 0 Å². The van der Waals surface area contributed by atoms with Crippen molar-refractivity contribution in [3.63, 3.8) is 0 Å². The van der Waals surface area contributed by atoms with Gasteiger partial charge >= 0.3 is 5.69 Å². The van der Waals surface area contributed by atoms with Crippen LogP contribution in [0.1, 0.15) is 33.1 Å². The second-order valence-corrected chi connectivity index (χ2v) is 5.15. The Bertz CT molecular complexity index is 487. The predicted molar refractivity (Wildman–Crippen MR) is 80.9 cm³/mol. The van der Waals surface area contributed by atoms with E-state index in [4.69, 9.17) is 9.47 Å². The molecule has 0 atom stereocenters. The van der Waals surface area contributed by atoms with Gasteiger partial charge in [0.2, 0.25) is 0 Å². The van der Waals surface area contributed by atoms with Gasteiger partial charge in [-0.3, -0.25) is 10.1 Å². The van der Waals surface area contributed by atoms with Crippen molar-refractivity contribution in [2.75, 3.05) is 18.5 Å². The minimum atomic E-state index is -0.383. The highest BCUT2D eigenvalue weighted by Crippen LogP contribution is 2.37. The molecule has 1 saturated carbocycles. The van der Waals surface area contributed by atoms with Crippen molar-refractivity contribution in [2.45, 2.75) is 45.3 Å². The van der Waals surface area contributed by atoms with Crippen LogP contribution in [0.5, 0.6) is 5.75 Å². The number of ether oxygens (including phenoxy) is 2. The van der Waals surface area contributed by atoms with Gasteiger partial charge < -0.3 is 14.8 Å². The molecule has 6 nitrogen and oxygen atoms in total. The van der Waals surface area contributed by atoms with Crippen LogP contribution >= 0.6 is 0 Å². The molecule has 1 N–H and O–H groups in total. The summed E-state index contributed by atoms with van der Waals surface area (Å²) in [5, 5.41) is 14.6. The summed E-state index contributed by atoms with van der Waals surface area (Å²) in [5.74, 6) is 0.326. The second-order valence-electron chi connectivity index (χ2n) is 5.15. The summed E-state index contributed by atoms with van der Waals surface area (Å²) < 4.78 is 11.0. The van der Waals surface area contributed by atoms with E-state index in [-0.39, 0.29) is 22.8 Å². The molecule has 21 heavy (non-hydrogen) atoms. The number of para-hydroxylation sites is 1. The zero-order chi connectivity index (χ0) is 15.2. The number of nitrogens with one attached hydrogen (secondary N) is 1. The summed E-state index contributed by atoms with van der Waals surface area (Å²) in [4.78, 5) is 10.9. The number of nitro benzene ring substituents is 1.